The van der Waals surface area contributed by atoms with Crippen LogP contribution in [0.1, 0.15) is 40.5 Å². The Labute approximate surface area is 121 Å². The van der Waals surface area contributed by atoms with E-state index in [9.17, 15) is 9.59 Å². The molecule has 0 aromatic heterocycles. The molecule has 0 bridgehead atoms. The number of ether oxygens (including phenoxy) is 1. The molecule has 0 saturated heterocycles. The van der Waals surface area contributed by atoms with Crippen LogP contribution in [0.15, 0.2) is 0 Å². The summed E-state index contributed by atoms with van der Waals surface area (Å²) in [5.74, 6) is -0.309. The highest BCUT2D eigenvalue weighted by atomic mass is 32.2. The van der Waals surface area contributed by atoms with Crippen LogP contribution in [0.25, 0.3) is 0 Å². The number of carbonyl (C=O) groups excluding carboxylic acids is 2. The van der Waals surface area contributed by atoms with E-state index >= 15 is 0 Å². The molecule has 5 heteroatoms. The molecule has 112 valence electrons. The minimum Gasteiger partial charge on any atom is -0.465 e. The quantitative estimate of drug-likeness (QED) is 0.424. The molecule has 0 aliphatic rings. The second kappa shape index (κ2) is 9.23. The summed E-state index contributed by atoms with van der Waals surface area (Å²) in [7, 11) is 0. The summed E-state index contributed by atoms with van der Waals surface area (Å²) in [5.41, 5.74) is -0.435. The Morgan fingerprint density at radius 1 is 1.26 bits per heavy atom. The molecule has 0 aromatic rings. The molecule has 1 unspecified atom stereocenters. The predicted molar refractivity (Wildman–Crippen MR) is 80.2 cm³/mol. The van der Waals surface area contributed by atoms with Crippen LogP contribution in [0.5, 0.6) is 0 Å². The molecule has 0 saturated carbocycles. The van der Waals surface area contributed by atoms with Gasteiger partial charge in [-0.05, 0) is 37.2 Å². The Balaban J connectivity index is 4.36. The molecule has 1 N–H and O–H groups in total. The fraction of sp³-hybridized carbons (Fsp3) is 0.857. The average molecular weight is 289 g/mol. The van der Waals surface area contributed by atoms with Crippen molar-refractivity contribution in [1.82, 2.24) is 5.32 Å². The van der Waals surface area contributed by atoms with Gasteiger partial charge in [0.1, 0.15) is 5.92 Å². The van der Waals surface area contributed by atoms with Crippen molar-refractivity contribution in [3.63, 3.8) is 0 Å². The fourth-order valence-corrected chi connectivity index (χ4v) is 2.26. The van der Waals surface area contributed by atoms with Gasteiger partial charge in [0.25, 0.3) is 0 Å². The minimum atomic E-state index is -0.743. The third-order valence-electron chi connectivity index (χ3n) is 2.72. The van der Waals surface area contributed by atoms with Gasteiger partial charge in [-0.25, -0.2) is 0 Å². The van der Waals surface area contributed by atoms with Crippen LogP contribution >= 0.6 is 11.8 Å². The second-order valence-corrected chi connectivity index (χ2v) is 6.53. The number of hydrogen-bond donors (Lipinski definition) is 1. The maximum Gasteiger partial charge on any atom is 0.319 e. The molecule has 0 aliphatic heterocycles. The molecule has 1 amide bonds. The molecule has 0 heterocycles. The van der Waals surface area contributed by atoms with Crippen molar-refractivity contribution >= 4 is 23.6 Å². The smallest absolute Gasteiger partial charge is 0.319 e. The Kier molecular flexibility index (Phi) is 8.89. The van der Waals surface area contributed by atoms with Gasteiger partial charge in [0.15, 0.2) is 0 Å². The summed E-state index contributed by atoms with van der Waals surface area (Å²) < 4.78 is 4.99. The first kappa shape index (κ1) is 18.3. The summed E-state index contributed by atoms with van der Waals surface area (Å²) in [6.07, 6.45) is 4.07. The zero-order valence-electron chi connectivity index (χ0n) is 12.7. The van der Waals surface area contributed by atoms with E-state index in [2.05, 4.69) is 11.6 Å². The SMILES string of the molecule is CCOC(=O)C(C(=O)NCCCCSC)C(C)(C)C. The molecule has 19 heavy (non-hydrogen) atoms. The maximum atomic E-state index is 12.1. The van der Waals surface area contributed by atoms with Crippen molar-refractivity contribution in [2.24, 2.45) is 11.3 Å². The Morgan fingerprint density at radius 3 is 2.37 bits per heavy atom. The zero-order valence-corrected chi connectivity index (χ0v) is 13.6. The van der Waals surface area contributed by atoms with Gasteiger partial charge in [-0.2, -0.15) is 11.8 Å². The van der Waals surface area contributed by atoms with Gasteiger partial charge in [-0.3, -0.25) is 9.59 Å². The minimum absolute atomic E-state index is 0.227. The standard InChI is InChI=1S/C14H27NO3S/c1-6-18-13(17)11(14(2,3)4)12(16)15-9-7-8-10-19-5/h11H,6-10H2,1-5H3,(H,15,16). The summed E-state index contributed by atoms with van der Waals surface area (Å²) in [6.45, 7) is 8.29. The number of unbranched alkanes of at least 4 members (excludes halogenated alkanes) is 1. The van der Waals surface area contributed by atoms with E-state index in [-0.39, 0.29) is 5.91 Å². The lowest BCUT2D eigenvalue weighted by Crippen LogP contribution is -2.43. The first-order valence-electron chi connectivity index (χ1n) is 6.77. The third-order valence-corrected chi connectivity index (χ3v) is 3.42. The van der Waals surface area contributed by atoms with Crippen LogP contribution in [0.2, 0.25) is 0 Å². The van der Waals surface area contributed by atoms with Crippen molar-refractivity contribution in [2.75, 3.05) is 25.2 Å². The van der Waals surface area contributed by atoms with E-state index in [0.29, 0.717) is 13.2 Å². The van der Waals surface area contributed by atoms with Crippen LogP contribution in [0.3, 0.4) is 0 Å². The molecule has 1 atom stereocenters. The summed E-state index contributed by atoms with van der Waals surface area (Å²) in [4.78, 5) is 24.0. The molecule has 0 aliphatic carbocycles. The molecular weight excluding hydrogens is 262 g/mol. The van der Waals surface area contributed by atoms with E-state index < -0.39 is 17.3 Å². The Morgan fingerprint density at radius 2 is 1.89 bits per heavy atom. The normalized spacial score (nSPS) is 12.9. The Hall–Kier alpha value is -0.710. The van der Waals surface area contributed by atoms with E-state index in [1.165, 1.54) is 0 Å². The lowest BCUT2D eigenvalue weighted by Gasteiger charge is -2.27. The number of amides is 1. The number of nitrogens with one attached hydrogen (secondary N) is 1. The van der Waals surface area contributed by atoms with Crippen LogP contribution in [-0.4, -0.2) is 37.0 Å². The highest BCUT2D eigenvalue weighted by Gasteiger charge is 2.38. The highest BCUT2D eigenvalue weighted by molar-refractivity contribution is 7.98. The average Bonchev–Trinajstić information content (AvgIpc) is 2.27. The molecule has 0 spiro atoms. The number of esters is 1. The topological polar surface area (TPSA) is 55.4 Å². The van der Waals surface area contributed by atoms with E-state index in [1.54, 1.807) is 18.7 Å². The molecule has 0 radical (unpaired) electrons. The Bertz CT molecular complexity index is 287. The number of rotatable bonds is 8. The lowest BCUT2D eigenvalue weighted by molar-refractivity contribution is -0.156. The number of hydrogen-bond acceptors (Lipinski definition) is 4. The summed E-state index contributed by atoms with van der Waals surface area (Å²) in [5, 5.41) is 2.84. The van der Waals surface area contributed by atoms with Gasteiger partial charge in [0, 0.05) is 6.54 Å². The van der Waals surface area contributed by atoms with Gasteiger partial charge in [-0.15, -0.1) is 0 Å². The van der Waals surface area contributed by atoms with Gasteiger partial charge >= 0.3 is 5.97 Å². The van der Waals surface area contributed by atoms with E-state index in [0.717, 1.165) is 18.6 Å². The van der Waals surface area contributed by atoms with Crippen molar-refractivity contribution in [1.29, 1.82) is 0 Å². The molecule has 0 aromatic carbocycles. The summed E-state index contributed by atoms with van der Waals surface area (Å²) >= 11 is 1.80. The largest absolute Gasteiger partial charge is 0.465 e. The van der Waals surface area contributed by atoms with E-state index in [1.807, 2.05) is 20.8 Å². The highest BCUT2D eigenvalue weighted by Crippen LogP contribution is 2.27. The lowest BCUT2D eigenvalue weighted by atomic mass is 9.80. The summed E-state index contributed by atoms with van der Waals surface area (Å²) in [6, 6.07) is 0. The van der Waals surface area contributed by atoms with Crippen LogP contribution < -0.4 is 5.32 Å². The van der Waals surface area contributed by atoms with Crippen LogP contribution in [0.4, 0.5) is 0 Å². The maximum absolute atomic E-state index is 12.1. The number of carbonyl (C=O) groups is 2. The zero-order chi connectivity index (χ0) is 14.9. The molecule has 0 fully saturated rings. The molecule has 0 rings (SSSR count). The van der Waals surface area contributed by atoms with Crippen molar-refractivity contribution in [2.45, 2.75) is 40.5 Å². The molecular formula is C14H27NO3S. The molecule has 4 nitrogen and oxygen atoms in total. The van der Waals surface area contributed by atoms with Crippen molar-refractivity contribution < 1.29 is 14.3 Å². The second-order valence-electron chi connectivity index (χ2n) is 5.54. The van der Waals surface area contributed by atoms with E-state index in [4.69, 9.17) is 4.74 Å². The first-order valence-corrected chi connectivity index (χ1v) is 8.17. The van der Waals surface area contributed by atoms with Gasteiger partial charge in [-0.1, -0.05) is 20.8 Å². The number of thioether (sulfide) groups is 1. The van der Waals surface area contributed by atoms with Gasteiger partial charge < -0.3 is 10.1 Å². The first-order chi connectivity index (χ1) is 8.84. The fourth-order valence-electron chi connectivity index (χ4n) is 1.76. The van der Waals surface area contributed by atoms with Gasteiger partial charge in [0.2, 0.25) is 5.91 Å². The van der Waals surface area contributed by atoms with Crippen LogP contribution in [-0.2, 0) is 14.3 Å². The van der Waals surface area contributed by atoms with Gasteiger partial charge in [0.05, 0.1) is 6.61 Å². The van der Waals surface area contributed by atoms with Crippen molar-refractivity contribution in [3.8, 4) is 0 Å². The third kappa shape index (κ3) is 7.45. The predicted octanol–water partition coefficient (Wildman–Crippen LogP) is 2.47. The monoisotopic (exact) mass is 289 g/mol. The van der Waals surface area contributed by atoms with Crippen LogP contribution in [0, 0.1) is 11.3 Å². The van der Waals surface area contributed by atoms with Crippen molar-refractivity contribution in [3.05, 3.63) is 0 Å².